The Morgan fingerprint density at radius 1 is 1.50 bits per heavy atom. The molecule has 1 amide bonds. The van der Waals surface area contributed by atoms with Crippen molar-refractivity contribution in [2.75, 3.05) is 33.2 Å². The van der Waals surface area contributed by atoms with Gasteiger partial charge in [-0.25, -0.2) is 0 Å². The van der Waals surface area contributed by atoms with Crippen molar-refractivity contribution < 1.29 is 4.79 Å². The number of hydrogen-bond acceptors (Lipinski definition) is 4. The van der Waals surface area contributed by atoms with Crippen LogP contribution in [-0.4, -0.2) is 48.9 Å². The molecule has 0 aliphatic rings. The standard InChI is InChI=1S/C12H20BrN3OS/c1-3-16(8-10-4-5-11(13)18-10)12(17)9-15(2)7-6-14/h4-5H,3,6-9,14H2,1-2H3. The highest BCUT2D eigenvalue weighted by Gasteiger charge is 2.14. The van der Waals surface area contributed by atoms with Gasteiger partial charge >= 0.3 is 0 Å². The van der Waals surface area contributed by atoms with Crippen LogP contribution in [0.3, 0.4) is 0 Å². The quantitative estimate of drug-likeness (QED) is 0.827. The fraction of sp³-hybridized carbons (Fsp3) is 0.583. The van der Waals surface area contributed by atoms with E-state index in [-0.39, 0.29) is 5.91 Å². The molecule has 1 aromatic heterocycles. The maximum absolute atomic E-state index is 12.1. The van der Waals surface area contributed by atoms with E-state index in [2.05, 4.69) is 15.9 Å². The van der Waals surface area contributed by atoms with E-state index >= 15 is 0 Å². The van der Waals surface area contributed by atoms with E-state index in [1.807, 2.05) is 35.9 Å². The number of thiophene rings is 1. The second kappa shape index (κ2) is 7.89. The van der Waals surface area contributed by atoms with Crippen molar-refractivity contribution in [1.82, 2.24) is 9.80 Å². The summed E-state index contributed by atoms with van der Waals surface area (Å²) in [7, 11) is 1.92. The molecule has 0 bridgehead atoms. The van der Waals surface area contributed by atoms with Crippen LogP contribution in [0.2, 0.25) is 0 Å². The highest BCUT2D eigenvalue weighted by Crippen LogP contribution is 2.23. The summed E-state index contributed by atoms with van der Waals surface area (Å²) in [6.45, 7) is 5.16. The molecule has 0 aliphatic heterocycles. The SMILES string of the molecule is CCN(Cc1ccc(Br)s1)C(=O)CN(C)CCN. The number of carbonyl (C=O) groups is 1. The minimum atomic E-state index is 0.151. The van der Waals surface area contributed by atoms with E-state index in [9.17, 15) is 4.79 Å². The first-order valence-corrected chi connectivity index (χ1v) is 7.58. The Morgan fingerprint density at radius 3 is 2.72 bits per heavy atom. The molecule has 2 N–H and O–H groups in total. The summed E-state index contributed by atoms with van der Waals surface area (Å²) >= 11 is 5.10. The summed E-state index contributed by atoms with van der Waals surface area (Å²) in [5.74, 6) is 0.151. The molecule has 6 heteroatoms. The van der Waals surface area contributed by atoms with Crippen LogP contribution in [0.5, 0.6) is 0 Å². The lowest BCUT2D eigenvalue weighted by atomic mass is 10.3. The van der Waals surface area contributed by atoms with Crippen LogP contribution >= 0.6 is 27.3 Å². The van der Waals surface area contributed by atoms with Crippen LogP contribution < -0.4 is 5.73 Å². The van der Waals surface area contributed by atoms with Gasteiger partial charge in [0.05, 0.1) is 16.9 Å². The number of nitrogens with zero attached hydrogens (tertiary/aromatic N) is 2. The van der Waals surface area contributed by atoms with Gasteiger partial charge in [-0.15, -0.1) is 11.3 Å². The van der Waals surface area contributed by atoms with E-state index in [0.29, 0.717) is 19.6 Å². The van der Waals surface area contributed by atoms with Crippen molar-refractivity contribution in [1.29, 1.82) is 0 Å². The maximum atomic E-state index is 12.1. The van der Waals surface area contributed by atoms with Crippen molar-refractivity contribution in [2.45, 2.75) is 13.5 Å². The number of likely N-dealkylation sites (N-methyl/N-ethyl adjacent to an activating group) is 2. The molecule has 0 fully saturated rings. The highest BCUT2D eigenvalue weighted by molar-refractivity contribution is 9.11. The van der Waals surface area contributed by atoms with Crippen LogP contribution in [-0.2, 0) is 11.3 Å². The number of halogens is 1. The highest BCUT2D eigenvalue weighted by atomic mass is 79.9. The zero-order chi connectivity index (χ0) is 13.5. The third-order valence-corrected chi connectivity index (χ3v) is 4.23. The van der Waals surface area contributed by atoms with Crippen molar-refractivity contribution in [3.05, 3.63) is 20.8 Å². The van der Waals surface area contributed by atoms with Gasteiger partial charge in [0.15, 0.2) is 0 Å². The Labute approximate surface area is 121 Å². The average Bonchev–Trinajstić information content (AvgIpc) is 2.71. The summed E-state index contributed by atoms with van der Waals surface area (Å²) in [5.41, 5.74) is 5.47. The normalized spacial score (nSPS) is 10.9. The van der Waals surface area contributed by atoms with E-state index < -0.39 is 0 Å². The van der Waals surface area contributed by atoms with Crippen molar-refractivity contribution in [2.24, 2.45) is 5.73 Å². The van der Waals surface area contributed by atoms with Crippen LogP contribution in [0, 0.1) is 0 Å². The second-order valence-corrected chi connectivity index (χ2v) is 6.69. The number of hydrogen-bond donors (Lipinski definition) is 1. The Morgan fingerprint density at radius 2 is 2.22 bits per heavy atom. The number of nitrogens with two attached hydrogens (primary N) is 1. The first kappa shape index (κ1) is 15.6. The molecule has 1 heterocycles. The smallest absolute Gasteiger partial charge is 0.237 e. The van der Waals surface area contributed by atoms with Gasteiger partial charge in [-0.2, -0.15) is 0 Å². The van der Waals surface area contributed by atoms with Crippen LogP contribution in [0.25, 0.3) is 0 Å². The van der Waals surface area contributed by atoms with Crippen LogP contribution in [0.4, 0.5) is 0 Å². The van der Waals surface area contributed by atoms with E-state index in [1.54, 1.807) is 11.3 Å². The fourth-order valence-electron chi connectivity index (χ4n) is 1.63. The maximum Gasteiger partial charge on any atom is 0.237 e. The van der Waals surface area contributed by atoms with Crippen molar-refractivity contribution in [3.8, 4) is 0 Å². The Bertz CT molecular complexity index is 383. The zero-order valence-corrected chi connectivity index (χ0v) is 13.3. The lowest BCUT2D eigenvalue weighted by molar-refractivity contribution is -0.132. The first-order valence-electron chi connectivity index (χ1n) is 5.97. The van der Waals surface area contributed by atoms with Crippen LogP contribution in [0.15, 0.2) is 15.9 Å². The van der Waals surface area contributed by atoms with Crippen LogP contribution in [0.1, 0.15) is 11.8 Å². The molecule has 0 aromatic carbocycles. The largest absolute Gasteiger partial charge is 0.337 e. The molecule has 0 saturated carbocycles. The Kier molecular flexibility index (Phi) is 6.85. The zero-order valence-electron chi connectivity index (χ0n) is 10.9. The van der Waals surface area contributed by atoms with Gasteiger partial charge in [0, 0.05) is 24.5 Å². The number of amides is 1. The van der Waals surface area contributed by atoms with E-state index in [1.165, 1.54) is 4.88 Å². The molecular formula is C12H20BrN3OS. The van der Waals surface area contributed by atoms with Gasteiger partial charge in [0.25, 0.3) is 0 Å². The lowest BCUT2D eigenvalue weighted by Crippen LogP contribution is -2.39. The molecule has 0 spiro atoms. The van der Waals surface area contributed by atoms with E-state index in [0.717, 1.165) is 16.9 Å². The summed E-state index contributed by atoms with van der Waals surface area (Å²) in [5, 5.41) is 0. The van der Waals surface area contributed by atoms with Crippen molar-refractivity contribution in [3.63, 3.8) is 0 Å². The molecule has 1 aromatic rings. The molecule has 18 heavy (non-hydrogen) atoms. The van der Waals surface area contributed by atoms with Gasteiger partial charge in [0.2, 0.25) is 5.91 Å². The predicted molar refractivity (Wildman–Crippen MR) is 79.7 cm³/mol. The predicted octanol–water partition coefficient (Wildman–Crippen LogP) is 1.75. The molecule has 0 saturated heterocycles. The second-order valence-electron chi connectivity index (χ2n) is 4.14. The van der Waals surface area contributed by atoms with Gasteiger partial charge in [-0.3, -0.25) is 9.69 Å². The van der Waals surface area contributed by atoms with E-state index in [4.69, 9.17) is 5.73 Å². The molecule has 102 valence electrons. The third kappa shape index (κ3) is 5.06. The Balaban J connectivity index is 2.52. The average molecular weight is 334 g/mol. The summed E-state index contributed by atoms with van der Waals surface area (Å²) in [6.07, 6.45) is 0. The third-order valence-electron chi connectivity index (χ3n) is 2.63. The molecule has 4 nitrogen and oxygen atoms in total. The molecule has 0 radical (unpaired) electrons. The molecular weight excluding hydrogens is 314 g/mol. The summed E-state index contributed by atoms with van der Waals surface area (Å²) in [6, 6.07) is 4.06. The van der Waals surface area contributed by atoms with Gasteiger partial charge in [0.1, 0.15) is 0 Å². The number of rotatable bonds is 7. The number of carbonyl (C=O) groups excluding carboxylic acids is 1. The minimum absolute atomic E-state index is 0.151. The molecule has 1 rings (SSSR count). The Hall–Kier alpha value is -0.430. The topological polar surface area (TPSA) is 49.6 Å². The van der Waals surface area contributed by atoms with Crippen molar-refractivity contribution >= 4 is 33.2 Å². The summed E-state index contributed by atoms with van der Waals surface area (Å²) < 4.78 is 1.10. The van der Waals surface area contributed by atoms with Gasteiger partial charge in [-0.1, -0.05) is 0 Å². The van der Waals surface area contributed by atoms with Gasteiger partial charge < -0.3 is 10.6 Å². The fourth-order valence-corrected chi connectivity index (χ4v) is 3.13. The monoisotopic (exact) mass is 333 g/mol. The summed E-state index contributed by atoms with van der Waals surface area (Å²) in [4.78, 5) is 17.1. The van der Waals surface area contributed by atoms with Gasteiger partial charge in [-0.05, 0) is 42.0 Å². The molecule has 0 unspecified atom stereocenters. The lowest BCUT2D eigenvalue weighted by Gasteiger charge is -2.23. The first-order chi connectivity index (χ1) is 8.56. The molecule has 0 atom stereocenters. The molecule has 0 aliphatic carbocycles. The minimum Gasteiger partial charge on any atom is -0.337 e.